The Bertz CT molecular complexity index is 373. The molecule has 0 spiro atoms. The van der Waals surface area contributed by atoms with Gasteiger partial charge in [0.2, 0.25) is 0 Å². The van der Waals surface area contributed by atoms with Gasteiger partial charge >= 0.3 is 0 Å². The van der Waals surface area contributed by atoms with E-state index in [0.29, 0.717) is 0 Å². The summed E-state index contributed by atoms with van der Waals surface area (Å²) < 4.78 is 0. The van der Waals surface area contributed by atoms with Gasteiger partial charge in [0.1, 0.15) is 0 Å². The second-order valence-corrected chi connectivity index (χ2v) is 4.99. The number of nitrogens with zero attached hydrogens (tertiary/aromatic N) is 2. The second-order valence-electron chi connectivity index (χ2n) is 4.99. The molecule has 0 unspecified atom stereocenters. The fourth-order valence-electron chi connectivity index (χ4n) is 1.96. The summed E-state index contributed by atoms with van der Waals surface area (Å²) in [5, 5.41) is 9.93. The SMILES string of the molecule is CC(C)(O)c1cncc(N2CC[C@@H](N)C2)c1. The molecule has 4 heteroatoms. The average molecular weight is 221 g/mol. The van der Waals surface area contributed by atoms with Gasteiger partial charge in [0.15, 0.2) is 0 Å². The molecule has 1 aliphatic heterocycles. The summed E-state index contributed by atoms with van der Waals surface area (Å²) in [6.07, 6.45) is 4.56. The third-order valence-corrected chi connectivity index (χ3v) is 3.02. The lowest BCUT2D eigenvalue weighted by atomic mass is 10.0. The van der Waals surface area contributed by atoms with Crippen molar-refractivity contribution >= 4 is 5.69 Å². The highest BCUT2D eigenvalue weighted by molar-refractivity contribution is 5.48. The fourth-order valence-corrected chi connectivity index (χ4v) is 1.96. The molecule has 88 valence electrons. The van der Waals surface area contributed by atoms with E-state index in [1.807, 2.05) is 12.3 Å². The molecule has 1 aromatic heterocycles. The highest BCUT2D eigenvalue weighted by Crippen LogP contribution is 2.25. The van der Waals surface area contributed by atoms with Crippen LogP contribution in [-0.2, 0) is 5.60 Å². The molecule has 1 fully saturated rings. The van der Waals surface area contributed by atoms with Crippen LogP contribution in [0.25, 0.3) is 0 Å². The van der Waals surface area contributed by atoms with Crippen molar-refractivity contribution in [2.75, 3.05) is 18.0 Å². The number of anilines is 1. The average Bonchev–Trinajstić information content (AvgIpc) is 2.64. The van der Waals surface area contributed by atoms with Gasteiger partial charge in [-0.2, -0.15) is 0 Å². The van der Waals surface area contributed by atoms with E-state index in [2.05, 4.69) is 9.88 Å². The molecule has 0 radical (unpaired) electrons. The van der Waals surface area contributed by atoms with Crippen molar-refractivity contribution in [3.8, 4) is 0 Å². The Morgan fingerprint density at radius 3 is 2.81 bits per heavy atom. The first-order valence-electron chi connectivity index (χ1n) is 5.65. The van der Waals surface area contributed by atoms with E-state index < -0.39 is 5.60 Å². The predicted molar refractivity (Wildman–Crippen MR) is 64.3 cm³/mol. The van der Waals surface area contributed by atoms with Gasteiger partial charge in [-0.05, 0) is 26.3 Å². The molecule has 16 heavy (non-hydrogen) atoms. The number of hydrogen-bond acceptors (Lipinski definition) is 4. The molecule has 4 nitrogen and oxygen atoms in total. The van der Waals surface area contributed by atoms with Crippen molar-refractivity contribution in [1.82, 2.24) is 4.98 Å². The largest absolute Gasteiger partial charge is 0.386 e. The maximum Gasteiger partial charge on any atom is 0.0856 e. The van der Waals surface area contributed by atoms with E-state index in [0.717, 1.165) is 30.8 Å². The molecule has 2 heterocycles. The second kappa shape index (κ2) is 4.03. The minimum atomic E-state index is -0.842. The van der Waals surface area contributed by atoms with E-state index in [1.165, 1.54) is 0 Å². The third-order valence-electron chi connectivity index (χ3n) is 3.02. The van der Waals surface area contributed by atoms with Gasteiger partial charge in [0, 0.05) is 30.9 Å². The van der Waals surface area contributed by atoms with E-state index in [9.17, 15) is 5.11 Å². The number of nitrogens with two attached hydrogens (primary N) is 1. The molecule has 2 rings (SSSR count). The lowest BCUT2D eigenvalue weighted by Crippen LogP contribution is -2.26. The number of pyridine rings is 1. The van der Waals surface area contributed by atoms with Crippen LogP contribution in [-0.4, -0.2) is 29.2 Å². The maximum absolute atomic E-state index is 9.93. The first-order chi connectivity index (χ1) is 7.47. The van der Waals surface area contributed by atoms with Gasteiger partial charge in [-0.1, -0.05) is 0 Å². The van der Waals surface area contributed by atoms with Crippen LogP contribution >= 0.6 is 0 Å². The van der Waals surface area contributed by atoms with E-state index in [4.69, 9.17) is 5.73 Å². The topological polar surface area (TPSA) is 62.4 Å². The fraction of sp³-hybridized carbons (Fsp3) is 0.583. The molecule has 0 amide bonds. The van der Waals surface area contributed by atoms with Crippen LogP contribution < -0.4 is 10.6 Å². The Hall–Kier alpha value is -1.13. The van der Waals surface area contributed by atoms with E-state index in [1.54, 1.807) is 20.0 Å². The predicted octanol–water partition coefficient (Wildman–Crippen LogP) is 0.846. The van der Waals surface area contributed by atoms with Crippen molar-refractivity contribution in [2.45, 2.75) is 31.9 Å². The van der Waals surface area contributed by atoms with Crippen LogP contribution in [0.5, 0.6) is 0 Å². The summed E-state index contributed by atoms with van der Waals surface area (Å²) in [6, 6.07) is 2.25. The standard InChI is InChI=1S/C12H19N3O/c1-12(2,16)9-5-11(7-14-6-9)15-4-3-10(13)8-15/h5-7,10,16H,3-4,8,13H2,1-2H3/t10-/m1/s1. The highest BCUT2D eigenvalue weighted by atomic mass is 16.3. The zero-order valence-electron chi connectivity index (χ0n) is 9.85. The Kier molecular flexibility index (Phi) is 2.86. The molecule has 1 atom stereocenters. The van der Waals surface area contributed by atoms with Gasteiger partial charge in [0.25, 0.3) is 0 Å². The summed E-state index contributed by atoms with van der Waals surface area (Å²) >= 11 is 0. The molecular formula is C12H19N3O. The first-order valence-corrected chi connectivity index (χ1v) is 5.65. The van der Waals surface area contributed by atoms with Crippen LogP contribution in [0.15, 0.2) is 18.5 Å². The third kappa shape index (κ3) is 2.33. The molecule has 0 saturated carbocycles. The highest BCUT2D eigenvalue weighted by Gasteiger charge is 2.22. The van der Waals surface area contributed by atoms with Gasteiger partial charge in [-0.15, -0.1) is 0 Å². The minimum Gasteiger partial charge on any atom is -0.386 e. The normalized spacial score (nSPS) is 21.5. The zero-order valence-corrected chi connectivity index (χ0v) is 9.85. The lowest BCUT2D eigenvalue weighted by molar-refractivity contribution is 0.0782. The quantitative estimate of drug-likeness (QED) is 0.777. The molecular weight excluding hydrogens is 202 g/mol. The summed E-state index contributed by atoms with van der Waals surface area (Å²) in [7, 11) is 0. The number of rotatable bonds is 2. The summed E-state index contributed by atoms with van der Waals surface area (Å²) in [6.45, 7) is 5.38. The Labute approximate surface area is 96.1 Å². The molecule has 0 aromatic carbocycles. The van der Waals surface area contributed by atoms with Crippen LogP contribution in [0.2, 0.25) is 0 Å². The smallest absolute Gasteiger partial charge is 0.0856 e. The summed E-state index contributed by atoms with van der Waals surface area (Å²) in [5.41, 5.74) is 6.92. The summed E-state index contributed by atoms with van der Waals surface area (Å²) in [5.74, 6) is 0. The number of hydrogen-bond donors (Lipinski definition) is 2. The van der Waals surface area contributed by atoms with Crippen LogP contribution in [0.3, 0.4) is 0 Å². The van der Waals surface area contributed by atoms with Crippen molar-refractivity contribution in [2.24, 2.45) is 5.73 Å². The monoisotopic (exact) mass is 221 g/mol. The van der Waals surface area contributed by atoms with E-state index in [-0.39, 0.29) is 6.04 Å². The number of aromatic nitrogens is 1. The van der Waals surface area contributed by atoms with Crippen LogP contribution in [0.1, 0.15) is 25.8 Å². The molecule has 1 aromatic rings. The van der Waals surface area contributed by atoms with Crippen molar-refractivity contribution < 1.29 is 5.11 Å². The van der Waals surface area contributed by atoms with Crippen molar-refractivity contribution in [1.29, 1.82) is 0 Å². The van der Waals surface area contributed by atoms with Crippen LogP contribution in [0.4, 0.5) is 5.69 Å². The Morgan fingerprint density at radius 1 is 1.50 bits per heavy atom. The molecule has 0 bridgehead atoms. The van der Waals surface area contributed by atoms with Gasteiger partial charge in [0.05, 0.1) is 17.5 Å². The van der Waals surface area contributed by atoms with E-state index >= 15 is 0 Å². The summed E-state index contributed by atoms with van der Waals surface area (Å²) in [4.78, 5) is 6.39. The molecule has 0 aliphatic carbocycles. The van der Waals surface area contributed by atoms with Crippen molar-refractivity contribution in [3.63, 3.8) is 0 Å². The van der Waals surface area contributed by atoms with Crippen molar-refractivity contribution in [3.05, 3.63) is 24.0 Å². The minimum absolute atomic E-state index is 0.255. The number of aliphatic hydroxyl groups is 1. The van der Waals surface area contributed by atoms with Gasteiger partial charge < -0.3 is 15.7 Å². The zero-order chi connectivity index (χ0) is 11.8. The van der Waals surface area contributed by atoms with Gasteiger partial charge in [-0.25, -0.2) is 0 Å². The van der Waals surface area contributed by atoms with Gasteiger partial charge in [-0.3, -0.25) is 4.98 Å². The first kappa shape index (κ1) is 11.4. The Morgan fingerprint density at radius 2 is 2.25 bits per heavy atom. The molecule has 3 N–H and O–H groups in total. The lowest BCUT2D eigenvalue weighted by Gasteiger charge is -2.22. The van der Waals surface area contributed by atoms with Crippen LogP contribution in [0, 0.1) is 0 Å². The Balaban J connectivity index is 2.23. The molecule has 1 saturated heterocycles. The maximum atomic E-state index is 9.93. The molecule has 1 aliphatic rings.